The lowest BCUT2D eigenvalue weighted by atomic mass is 10.2. The van der Waals surface area contributed by atoms with Crippen LogP contribution in [0.3, 0.4) is 0 Å². The largest absolute Gasteiger partial charge is 0.493 e. The molecule has 21 heavy (non-hydrogen) atoms. The van der Waals surface area contributed by atoms with E-state index < -0.39 is 17.9 Å². The number of allylic oxidation sites excluding steroid dienone is 1. The molecule has 1 atom stereocenters. The Bertz CT molecular complexity index is 539. The van der Waals surface area contributed by atoms with E-state index in [0.29, 0.717) is 11.5 Å². The van der Waals surface area contributed by atoms with E-state index in [0.717, 1.165) is 5.56 Å². The van der Waals surface area contributed by atoms with E-state index >= 15 is 0 Å². The summed E-state index contributed by atoms with van der Waals surface area (Å²) < 4.78 is 10.5. The third-order valence-corrected chi connectivity index (χ3v) is 2.65. The average Bonchev–Trinajstić information content (AvgIpc) is 2.45. The molecule has 0 saturated carbocycles. The van der Waals surface area contributed by atoms with Crippen molar-refractivity contribution in [2.75, 3.05) is 13.7 Å². The van der Waals surface area contributed by atoms with E-state index in [4.69, 9.17) is 14.6 Å². The Morgan fingerprint density at radius 1 is 1.38 bits per heavy atom. The normalized spacial score (nSPS) is 12.0. The number of carboxylic acids is 1. The van der Waals surface area contributed by atoms with Crippen LogP contribution in [-0.4, -0.2) is 36.7 Å². The highest BCUT2D eigenvalue weighted by molar-refractivity contribution is 5.84. The molecule has 0 heterocycles. The van der Waals surface area contributed by atoms with Crippen LogP contribution in [0.15, 0.2) is 24.3 Å². The quantitative estimate of drug-likeness (QED) is 0.799. The number of methoxy groups -OCH3 is 1. The maximum absolute atomic E-state index is 11.5. The van der Waals surface area contributed by atoms with Crippen molar-refractivity contribution in [3.63, 3.8) is 0 Å². The predicted octanol–water partition coefficient (Wildman–Crippen LogP) is 1.70. The van der Waals surface area contributed by atoms with Crippen LogP contribution in [0.25, 0.3) is 6.08 Å². The van der Waals surface area contributed by atoms with E-state index in [-0.39, 0.29) is 6.61 Å². The standard InChI is InChI=1S/C15H19NO5/c1-4-5-11-6-7-12(13(8-11)20-3)21-9-14(17)16-10(2)15(18)19/h4-8,10H,9H2,1-3H3,(H,16,17)(H,18,19)/b5-4+. The number of hydrogen-bond acceptors (Lipinski definition) is 4. The molecule has 1 unspecified atom stereocenters. The van der Waals surface area contributed by atoms with Gasteiger partial charge in [-0.1, -0.05) is 18.2 Å². The molecule has 0 aliphatic heterocycles. The van der Waals surface area contributed by atoms with Gasteiger partial charge >= 0.3 is 5.97 Å². The highest BCUT2D eigenvalue weighted by atomic mass is 16.5. The van der Waals surface area contributed by atoms with Crippen LogP contribution >= 0.6 is 0 Å². The molecule has 0 aliphatic carbocycles. The van der Waals surface area contributed by atoms with Gasteiger partial charge in [0.2, 0.25) is 0 Å². The number of carbonyl (C=O) groups is 2. The van der Waals surface area contributed by atoms with Gasteiger partial charge < -0.3 is 19.9 Å². The maximum atomic E-state index is 11.5. The Morgan fingerprint density at radius 3 is 2.67 bits per heavy atom. The molecule has 0 aliphatic rings. The van der Waals surface area contributed by atoms with Crippen molar-refractivity contribution in [2.45, 2.75) is 19.9 Å². The lowest BCUT2D eigenvalue weighted by Crippen LogP contribution is -2.40. The van der Waals surface area contributed by atoms with Crippen molar-refractivity contribution in [3.05, 3.63) is 29.8 Å². The number of benzene rings is 1. The number of carboxylic acid groups (broad SMARTS) is 1. The topological polar surface area (TPSA) is 84.9 Å². The lowest BCUT2D eigenvalue weighted by molar-refractivity contribution is -0.141. The fraction of sp³-hybridized carbons (Fsp3) is 0.333. The summed E-state index contributed by atoms with van der Waals surface area (Å²) >= 11 is 0. The van der Waals surface area contributed by atoms with Gasteiger partial charge in [0, 0.05) is 0 Å². The van der Waals surface area contributed by atoms with Gasteiger partial charge in [0.05, 0.1) is 7.11 Å². The minimum atomic E-state index is -1.10. The molecule has 0 fully saturated rings. The summed E-state index contributed by atoms with van der Waals surface area (Å²) in [6, 6.07) is 4.35. The van der Waals surface area contributed by atoms with E-state index in [1.807, 2.05) is 25.1 Å². The average molecular weight is 293 g/mol. The Labute approximate surface area is 123 Å². The van der Waals surface area contributed by atoms with E-state index in [1.54, 1.807) is 12.1 Å². The van der Waals surface area contributed by atoms with Crippen molar-refractivity contribution in [3.8, 4) is 11.5 Å². The number of nitrogens with one attached hydrogen (secondary N) is 1. The number of ether oxygens (including phenoxy) is 2. The molecule has 0 saturated heterocycles. The second kappa shape index (κ2) is 7.94. The van der Waals surface area contributed by atoms with Gasteiger partial charge in [-0.3, -0.25) is 9.59 Å². The van der Waals surface area contributed by atoms with Crippen LogP contribution in [0.4, 0.5) is 0 Å². The zero-order chi connectivity index (χ0) is 15.8. The van der Waals surface area contributed by atoms with Gasteiger partial charge in [-0.15, -0.1) is 0 Å². The number of carbonyl (C=O) groups excluding carboxylic acids is 1. The minimum absolute atomic E-state index is 0.281. The molecule has 1 rings (SSSR count). The maximum Gasteiger partial charge on any atom is 0.325 e. The first-order chi connectivity index (χ1) is 9.97. The first kappa shape index (κ1) is 16.6. The monoisotopic (exact) mass is 293 g/mol. The molecule has 1 amide bonds. The molecule has 1 aromatic rings. The van der Waals surface area contributed by atoms with Gasteiger partial charge in [-0.2, -0.15) is 0 Å². The van der Waals surface area contributed by atoms with Crippen molar-refractivity contribution < 1.29 is 24.2 Å². The van der Waals surface area contributed by atoms with Crippen LogP contribution in [0, 0.1) is 0 Å². The smallest absolute Gasteiger partial charge is 0.325 e. The molecule has 0 bridgehead atoms. The molecule has 0 aromatic heterocycles. The highest BCUT2D eigenvalue weighted by Gasteiger charge is 2.15. The Balaban J connectivity index is 2.66. The summed E-state index contributed by atoms with van der Waals surface area (Å²) in [6.45, 7) is 3.01. The minimum Gasteiger partial charge on any atom is -0.493 e. The summed E-state index contributed by atoms with van der Waals surface area (Å²) in [5.41, 5.74) is 0.950. The van der Waals surface area contributed by atoms with Gasteiger partial charge in [-0.05, 0) is 31.5 Å². The van der Waals surface area contributed by atoms with E-state index in [9.17, 15) is 9.59 Å². The SMILES string of the molecule is C/C=C/c1ccc(OCC(=O)NC(C)C(=O)O)c(OC)c1. The fourth-order valence-electron chi connectivity index (χ4n) is 1.59. The Morgan fingerprint density at radius 2 is 2.10 bits per heavy atom. The summed E-state index contributed by atoms with van der Waals surface area (Å²) in [4.78, 5) is 22.2. The zero-order valence-corrected chi connectivity index (χ0v) is 12.3. The van der Waals surface area contributed by atoms with Crippen molar-refractivity contribution in [1.29, 1.82) is 0 Å². The highest BCUT2D eigenvalue weighted by Crippen LogP contribution is 2.28. The molecule has 114 valence electrons. The molecular formula is C15H19NO5. The van der Waals surface area contributed by atoms with Crippen molar-refractivity contribution in [2.24, 2.45) is 0 Å². The summed E-state index contributed by atoms with van der Waals surface area (Å²) in [7, 11) is 1.51. The number of aliphatic carboxylic acids is 1. The van der Waals surface area contributed by atoms with Gasteiger partial charge in [0.15, 0.2) is 18.1 Å². The van der Waals surface area contributed by atoms with E-state index in [2.05, 4.69) is 5.32 Å². The van der Waals surface area contributed by atoms with Crippen molar-refractivity contribution >= 4 is 18.0 Å². The van der Waals surface area contributed by atoms with Gasteiger partial charge in [0.25, 0.3) is 5.91 Å². The summed E-state index contributed by atoms with van der Waals surface area (Å²) in [5, 5.41) is 11.0. The first-order valence-electron chi connectivity index (χ1n) is 6.43. The Hall–Kier alpha value is -2.50. The van der Waals surface area contributed by atoms with Crippen LogP contribution < -0.4 is 14.8 Å². The third kappa shape index (κ3) is 5.18. The molecule has 0 radical (unpaired) electrons. The molecular weight excluding hydrogens is 274 g/mol. The predicted molar refractivity (Wildman–Crippen MR) is 78.4 cm³/mol. The van der Waals surface area contributed by atoms with E-state index in [1.165, 1.54) is 14.0 Å². The molecule has 2 N–H and O–H groups in total. The van der Waals surface area contributed by atoms with Crippen LogP contribution in [0.1, 0.15) is 19.4 Å². The molecule has 0 spiro atoms. The van der Waals surface area contributed by atoms with Gasteiger partial charge in [-0.25, -0.2) is 0 Å². The first-order valence-corrected chi connectivity index (χ1v) is 6.43. The number of rotatable bonds is 7. The lowest BCUT2D eigenvalue weighted by Gasteiger charge is -2.13. The Kier molecular flexibility index (Phi) is 6.26. The second-order valence-electron chi connectivity index (χ2n) is 4.33. The van der Waals surface area contributed by atoms with Crippen LogP contribution in [0.5, 0.6) is 11.5 Å². The van der Waals surface area contributed by atoms with Crippen molar-refractivity contribution in [1.82, 2.24) is 5.32 Å². The number of amides is 1. The van der Waals surface area contributed by atoms with Gasteiger partial charge in [0.1, 0.15) is 6.04 Å². The van der Waals surface area contributed by atoms with Crippen LogP contribution in [0.2, 0.25) is 0 Å². The third-order valence-electron chi connectivity index (χ3n) is 2.65. The molecule has 6 nitrogen and oxygen atoms in total. The molecule has 1 aromatic carbocycles. The zero-order valence-electron chi connectivity index (χ0n) is 12.3. The summed E-state index contributed by atoms with van der Waals surface area (Å²) in [5.74, 6) is -0.685. The second-order valence-corrected chi connectivity index (χ2v) is 4.33. The summed E-state index contributed by atoms with van der Waals surface area (Å²) in [6.07, 6.45) is 3.81. The molecule has 6 heteroatoms. The number of hydrogen-bond donors (Lipinski definition) is 2. The fourth-order valence-corrected chi connectivity index (χ4v) is 1.59. The van der Waals surface area contributed by atoms with Crippen LogP contribution in [-0.2, 0) is 9.59 Å².